The van der Waals surface area contributed by atoms with Crippen molar-refractivity contribution in [1.29, 1.82) is 0 Å². The molecule has 2 fully saturated rings. The zero-order valence-electron chi connectivity index (χ0n) is 5.91. The van der Waals surface area contributed by atoms with Gasteiger partial charge in [-0.05, 0) is 25.7 Å². The van der Waals surface area contributed by atoms with E-state index in [1.807, 2.05) is 0 Å². The summed E-state index contributed by atoms with van der Waals surface area (Å²) < 4.78 is 5.18. The lowest BCUT2D eigenvalue weighted by Crippen LogP contribution is -2.03. The molecule has 10 heavy (non-hydrogen) atoms. The van der Waals surface area contributed by atoms with Crippen molar-refractivity contribution in [3.63, 3.8) is 0 Å². The average molecular weight is 144 g/mol. The van der Waals surface area contributed by atoms with Gasteiger partial charge >= 0.3 is 0 Å². The quantitative estimate of drug-likeness (QED) is 0.251. The van der Waals surface area contributed by atoms with Crippen LogP contribution in [0.15, 0.2) is 0 Å². The molecule has 0 heterocycles. The zero-order chi connectivity index (χ0) is 6.81. The van der Waals surface area contributed by atoms with Crippen molar-refractivity contribution < 1.29 is 14.5 Å². The minimum Gasteiger partial charge on any atom is -0.349 e. The van der Waals surface area contributed by atoms with Crippen molar-refractivity contribution in [2.24, 2.45) is 0 Å². The van der Waals surface area contributed by atoms with E-state index < -0.39 is 0 Å². The van der Waals surface area contributed by atoms with Crippen molar-refractivity contribution >= 4 is 0 Å². The van der Waals surface area contributed by atoms with E-state index in [4.69, 9.17) is 14.5 Å². The highest BCUT2D eigenvalue weighted by Gasteiger charge is 2.25. The summed E-state index contributed by atoms with van der Waals surface area (Å²) in [7, 11) is 0. The van der Waals surface area contributed by atoms with Crippen molar-refractivity contribution in [2.45, 2.75) is 37.9 Å². The van der Waals surface area contributed by atoms with Crippen molar-refractivity contribution in [3.05, 3.63) is 0 Å². The third kappa shape index (κ3) is 2.25. The van der Waals surface area contributed by atoms with Crippen LogP contribution in [0.4, 0.5) is 0 Å². The Balaban J connectivity index is 1.40. The summed E-state index contributed by atoms with van der Waals surface area (Å²) in [6.45, 7) is 0.307. The van der Waals surface area contributed by atoms with Crippen LogP contribution in [0.1, 0.15) is 25.7 Å². The summed E-state index contributed by atoms with van der Waals surface area (Å²) in [5.74, 6) is 0. The van der Waals surface area contributed by atoms with Gasteiger partial charge in [-0.25, -0.2) is 9.78 Å². The van der Waals surface area contributed by atoms with Gasteiger partial charge < -0.3 is 4.74 Å². The highest BCUT2D eigenvalue weighted by atomic mass is 17.2. The van der Waals surface area contributed by atoms with Crippen LogP contribution in [0.2, 0.25) is 0 Å². The first-order chi connectivity index (χ1) is 4.95. The van der Waals surface area contributed by atoms with Crippen LogP contribution in [0, 0.1) is 0 Å². The topological polar surface area (TPSA) is 27.7 Å². The molecule has 58 valence electrons. The SMILES string of the molecule is C(OOC1CC1)OC1CC1. The summed E-state index contributed by atoms with van der Waals surface area (Å²) in [5.41, 5.74) is 0. The van der Waals surface area contributed by atoms with Crippen molar-refractivity contribution in [3.8, 4) is 0 Å². The molecule has 0 aliphatic heterocycles. The first-order valence-corrected chi connectivity index (χ1v) is 3.85. The van der Waals surface area contributed by atoms with E-state index in [0.717, 1.165) is 12.8 Å². The summed E-state index contributed by atoms with van der Waals surface area (Å²) in [5, 5.41) is 0. The Morgan fingerprint density at radius 2 is 1.70 bits per heavy atom. The molecule has 0 bridgehead atoms. The van der Waals surface area contributed by atoms with Crippen LogP contribution in [0.5, 0.6) is 0 Å². The molecule has 2 rings (SSSR count). The second kappa shape index (κ2) is 2.86. The monoisotopic (exact) mass is 144 g/mol. The van der Waals surface area contributed by atoms with E-state index in [9.17, 15) is 0 Å². The van der Waals surface area contributed by atoms with E-state index in [1.54, 1.807) is 0 Å². The predicted octanol–water partition coefficient (Wildman–Crippen LogP) is 1.23. The molecule has 2 aliphatic rings. The van der Waals surface area contributed by atoms with Gasteiger partial charge in [-0.2, -0.15) is 0 Å². The maximum atomic E-state index is 5.18. The molecule has 0 aromatic rings. The highest BCUT2D eigenvalue weighted by molar-refractivity contribution is 4.72. The molecule has 3 heteroatoms. The Hall–Kier alpha value is -0.120. The fourth-order valence-electron chi connectivity index (χ4n) is 0.647. The number of ether oxygens (including phenoxy) is 1. The molecular weight excluding hydrogens is 132 g/mol. The van der Waals surface area contributed by atoms with Gasteiger partial charge in [0.15, 0.2) is 6.79 Å². The van der Waals surface area contributed by atoms with Gasteiger partial charge in [0.1, 0.15) is 0 Å². The van der Waals surface area contributed by atoms with E-state index in [0.29, 0.717) is 19.0 Å². The van der Waals surface area contributed by atoms with Crippen molar-refractivity contribution in [1.82, 2.24) is 0 Å². The van der Waals surface area contributed by atoms with Gasteiger partial charge in [-0.15, -0.1) is 0 Å². The molecule has 0 aromatic heterocycles. The highest BCUT2D eigenvalue weighted by Crippen LogP contribution is 2.25. The fourth-order valence-corrected chi connectivity index (χ4v) is 0.647. The number of rotatable bonds is 5. The minimum atomic E-state index is 0.307. The number of hydrogen-bond acceptors (Lipinski definition) is 3. The van der Waals surface area contributed by atoms with Gasteiger partial charge in [0.05, 0.1) is 12.2 Å². The van der Waals surface area contributed by atoms with Crippen LogP contribution in [0.3, 0.4) is 0 Å². The molecule has 3 nitrogen and oxygen atoms in total. The maximum Gasteiger partial charge on any atom is 0.181 e. The normalized spacial score (nSPS) is 25.2. The van der Waals surface area contributed by atoms with Crippen LogP contribution < -0.4 is 0 Å². The second-order valence-electron chi connectivity index (χ2n) is 2.90. The molecule has 2 saturated carbocycles. The van der Waals surface area contributed by atoms with Gasteiger partial charge in [-0.3, -0.25) is 0 Å². The van der Waals surface area contributed by atoms with Gasteiger partial charge in [0.2, 0.25) is 0 Å². The summed E-state index contributed by atoms with van der Waals surface area (Å²) >= 11 is 0. The van der Waals surface area contributed by atoms with E-state index >= 15 is 0 Å². The molecular formula is C7H12O3. The Kier molecular flexibility index (Phi) is 1.88. The molecule has 2 aliphatic carbocycles. The Labute approximate surface area is 60.2 Å². The third-order valence-electron chi connectivity index (χ3n) is 1.60. The van der Waals surface area contributed by atoms with Gasteiger partial charge in [0, 0.05) is 0 Å². The fraction of sp³-hybridized carbons (Fsp3) is 1.00. The smallest absolute Gasteiger partial charge is 0.181 e. The van der Waals surface area contributed by atoms with Crippen LogP contribution in [-0.4, -0.2) is 19.0 Å². The maximum absolute atomic E-state index is 5.18. The second-order valence-corrected chi connectivity index (χ2v) is 2.90. The zero-order valence-corrected chi connectivity index (χ0v) is 5.91. The lowest BCUT2D eigenvalue weighted by molar-refractivity contribution is -0.345. The molecule has 0 N–H and O–H groups in total. The minimum absolute atomic E-state index is 0.307. The largest absolute Gasteiger partial charge is 0.349 e. The lowest BCUT2D eigenvalue weighted by atomic mass is 10.8. The van der Waals surface area contributed by atoms with E-state index in [-0.39, 0.29) is 0 Å². The van der Waals surface area contributed by atoms with Crippen LogP contribution >= 0.6 is 0 Å². The average Bonchev–Trinajstić information content (AvgIpc) is 2.77. The Morgan fingerprint density at radius 3 is 2.30 bits per heavy atom. The third-order valence-corrected chi connectivity index (χ3v) is 1.60. The van der Waals surface area contributed by atoms with Crippen molar-refractivity contribution in [2.75, 3.05) is 6.79 Å². The molecule has 0 radical (unpaired) electrons. The molecule has 0 aromatic carbocycles. The van der Waals surface area contributed by atoms with Gasteiger partial charge in [-0.1, -0.05) is 0 Å². The summed E-state index contributed by atoms with van der Waals surface area (Å²) in [6, 6.07) is 0. The molecule has 0 spiro atoms. The first kappa shape index (κ1) is 6.58. The van der Waals surface area contributed by atoms with E-state index in [2.05, 4.69) is 0 Å². The lowest BCUT2D eigenvalue weighted by Gasteiger charge is -2.01. The molecule has 0 amide bonds. The number of hydrogen-bond donors (Lipinski definition) is 0. The van der Waals surface area contributed by atoms with Gasteiger partial charge in [0.25, 0.3) is 0 Å². The standard InChI is InChI=1S/C7H12O3/c1-2-6(1)8-5-9-10-7-3-4-7/h6-7H,1-5H2. The van der Waals surface area contributed by atoms with E-state index in [1.165, 1.54) is 12.8 Å². The summed E-state index contributed by atoms with van der Waals surface area (Å²) in [6.07, 6.45) is 5.48. The Morgan fingerprint density at radius 1 is 1.00 bits per heavy atom. The molecule has 0 unspecified atom stereocenters. The molecule has 0 atom stereocenters. The van der Waals surface area contributed by atoms with Crippen LogP contribution in [-0.2, 0) is 14.5 Å². The first-order valence-electron chi connectivity index (χ1n) is 3.85. The molecule has 0 saturated heterocycles. The Bertz CT molecular complexity index is 93.4. The van der Waals surface area contributed by atoms with Crippen LogP contribution in [0.25, 0.3) is 0 Å². The predicted molar refractivity (Wildman–Crippen MR) is 34.2 cm³/mol. The summed E-state index contributed by atoms with van der Waals surface area (Å²) in [4.78, 5) is 9.69.